The molecule has 2 aromatic rings. The highest BCUT2D eigenvalue weighted by Gasteiger charge is 2.21. The van der Waals surface area contributed by atoms with Crippen LogP contribution in [0.25, 0.3) is 0 Å². The fourth-order valence-corrected chi connectivity index (χ4v) is 3.04. The van der Waals surface area contributed by atoms with E-state index in [0.29, 0.717) is 19.6 Å². The zero-order valence-corrected chi connectivity index (χ0v) is 16.1. The lowest BCUT2D eigenvalue weighted by Gasteiger charge is -2.35. The molecule has 1 aliphatic heterocycles. The van der Waals surface area contributed by atoms with Crippen LogP contribution in [-0.4, -0.2) is 55.1 Å². The molecular formula is C20H25N5O3. The molecule has 28 heavy (non-hydrogen) atoms. The van der Waals surface area contributed by atoms with E-state index in [-0.39, 0.29) is 11.9 Å². The summed E-state index contributed by atoms with van der Waals surface area (Å²) in [6.07, 6.45) is 1.73. The number of anilines is 2. The Kier molecular flexibility index (Phi) is 6.31. The van der Waals surface area contributed by atoms with Crippen LogP contribution in [0.4, 0.5) is 16.3 Å². The molecule has 0 bridgehead atoms. The van der Waals surface area contributed by atoms with Gasteiger partial charge in [0.15, 0.2) is 0 Å². The number of methoxy groups -OCH3 is 1. The van der Waals surface area contributed by atoms with Gasteiger partial charge in [-0.05, 0) is 23.8 Å². The standard InChI is InChI=1S/C20H25N5O3/c1-15(26)23-17-5-3-16(4-6-17)14-22-20(27)25-11-9-24(10-12-25)19-13-18(28-2)7-8-21-19/h3-8,13H,9-12,14H2,1-2H3,(H,22,27)(H,23,26). The van der Waals surface area contributed by atoms with Gasteiger partial charge in [0, 0.05) is 57.6 Å². The number of aromatic nitrogens is 1. The first kappa shape index (κ1) is 19.5. The molecule has 3 amide bonds. The van der Waals surface area contributed by atoms with Gasteiger partial charge in [0.25, 0.3) is 0 Å². The van der Waals surface area contributed by atoms with E-state index in [1.807, 2.05) is 41.3 Å². The van der Waals surface area contributed by atoms with Crippen molar-refractivity contribution in [2.75, 3.05) is 43.5 Å². The molecule has 148 valence electrons. The van der Waals surface area contributed by atoms with Crippen molar-refractivity contribution in [2.45, 2.75) is 13.5 Å². The lowest BCUT2D eigenvalue weighted by Crippen LogP contribution is -2.51. The van der Waals surface area contributed by atoms with Gasteiger partial charge in [-0.25, -0.2) is 9.78 Å². The summed E-state index contributed by atoms with van der Waals surface area (Å²) in [5, 5.41) is 5.67. The molecule has 2 heterocycles. The van der Waals surface area contributed by atoms with E-state index in [0.717, 1.165) is 35.9 Å². The Bertz CT molecular complexity index is 817. The predicted molar refractivity (Wildman–Crippen MR) is 108 cm³/mol. The van der Waals surface area contributed by atoms with E-state index in [1.165, 1.54) is 6.92 Å². The van der Waals surface area contributed by atoms with Crippen LogP contribution in [0.15, 0.2) is 42.6 Å². The van der Waals surface area contributed by atoms with Crippen LogP contribution in [0.1, 0.15) is 12.5 Å². The highest BCUT2D eigenvalue weighted by molar-refractivity contribution is 5.88. The van der Waals surface area contributed by atoms with E-state index in [2.05, 4.69) is 20.5 Å². The number of piperazine rings is 1. The fourth-order valence-electron chi connectivity index (χ4n) is 3.04. The summed E-state index contributed by atoms with van der Waals surface area (Å²) >= 11 is 0. The molecule has 1 aromatic carbocycles. The number of nitrogens with one attached hydrogen (secondary N) is 2. The average Bonchev–Trinajstić information content (AvgIpc) is 2.73. The van der Waals surface area contributed by atoms with E-state index >= 15 is 0 Å². The van der Waals surface area contributed by atoms with Crippen molar-refractivity contribution in [3.63, 3.8) is 0 Å². The number of carbonyl (C=O) groups excluding carboxylic acids is 2. The third-order valence-corrected chi connectivity index (χ3v) is 4.56. The lowest BCUT2D eigenvalue weighted by atomic mass is 10.2. The zero-order chi connectivity index (χ0) is 19.9. The van der Waals surface area contributed by atoms with Gasteiger partial charge in [0.05, 0.1) is 7.11 Å². The molecule has 1 fully saturated rings. The highest BCUT2D eigenvalue weighted by Crippen LogP contribution is 2.19. The van der Waals surface area contributed by atoms with Crippen LogP contribution in [0.3, 0.4) is 0 Å². The topological polar surface area (TPSA) is 86.8 Å². The van der Waals surface area contributed by atoms with Gasteiger partial charge in [-0.1, -0.05) is 12.1 Å². The molecule has 0 atom stereocenters. The first-order valence-electron chi connectivity index (χ1n) is 9.19. The lowest BCUT2D eigenvalue weighted by molar-refractivity contribution is -0.114. The first-order chi connectivity index (χ1) is 13.5. The Morgan fingerprint density at radius 3 is 2.46 bits per heavy atom. The Hall–Kier alpha value is -3.29. The van der Waals surface area contributed by atoms with Crippen LogP contribution >= 0.6 is 0 Å². The summed E-state index contributed by atoms with van der Waals surface area (Å²) in [6, 6.07) is 11.1. The first-order valence-corrected chi connectivity index (χ1v) is 9.19. The normalized spacial score (nSPS) is 13.8. The number of rotatable bonds is 5. The molecule has 0 unspecified atom stereocenters. The van der Waals surface area contributed by atoms with Crippen molar-refractivity contribution in [1.82, 2.24) is 15.2 Å². The zero-order valence-electron chi connectivity index (χ0n) is 16.1. The predicted octanol–water partition coefficient (Wildman–Crippen LogP) is 2.08. The number of amides is 3. The van der Waals surface area contributed by atoms with Crippen LogP contribution in [0.2, 0.25) is 0 Å². The van der Waals surface area contributed by atoms with Gasteiger partial charge in [0.1, 0.15) is 11.6 Å². The molecule has 8 nitrogen and oxygen atoms in total. The van der Waals surface area contributed by atoms with Crippen molar-refractivity contribution in [3.8, 4) is 5.75 Å². The summed E-state index contributed by atoms with van der Waals surface area (Å²) in [6.45, 7) is 4.62. The van der Waals surface area contributed by atoms with Gasteiger partial charge < -0.3 is 25.2 Å². The highest BCUT2D eigenvalue weighted by atomic mass is 16.5. The van der Waals surface area contributed by atoms with Crippen LogP contribution in [0.5, 0.6) is 5.75 Å². The largest absolute Gasteiger partial charge is 0.497 e. The number of urea groups is 1. The number of hydrogen-bond acceptors (Lipinski definition) is 5. The number of hydrogen-bond donors (Lipinski definition) is 2. The molecule has 8 heteroatoms. The molecule has 2 N–H and O–H groups in total. The minimum absolute atomic E-state index is 0.0795. The van der Waals surface area contributed by atoms with E-state index < -0.39 is 0 Å². The number of benzene rings is 1. The molecule has 0 spiro atoms. The summed E-state index contributed by atoms with van der Waals surface area (Å²) in [7, 11) is 1.63. The molecule has 3 rings (SSSR count). The quantitative estimate of drug-likeness (QED) is 0.826. The molecular weight excluding hydrogens is 358 g/mol. The van der Waals surface area contributed by atoms with Gasteiger partial charge in [0.2, 0.25) is 5.91 Å². The molecule has 0 aliphatic carbocycles. The third kappa shape index (κ3) is 5.12. The smallest absolute Gasteiger partial charge is 0.317 e. The van der Waals surface area contributed by atoms with Crippen molar-refractivity contribution in [3.05, 3.63) is 48.2 Å². The van der Waals surface area contributed by atoms with Gasteiger partial charge in [-0.3, -0.25) is 4.79 Å². The van der Waals surface area contributed by atoms with Crippen molar-refractivity contribution >= 4 is 23.4 Å². The van der Waals surface area contributed by atoms with Crippen LogP contribution in [-0.2, 0) is 11.3 Å². The van der Waals surface area contributed by atoms with Crippen molar-refractivity contribution in [2.24, 2.45) is 0 Å². The van der Waals surface area contributed by atoms with E-state index in [4.69, 9.17) is 4.74 Å². The minimum Gasteiger partial charge on any atom is -0.497 e. The minimum atomic E-state index is -0.107. The Balaban J connectivity index is 1.46. The maximum Gasteiger partial charge on any atom is 0.317 e. The van der Waals surface area contributed by atoms with E-state index in [1.54, 1.807) is 13.3 Å². The summed E-state index contributed by atoms with van der Waals surface area (Å²) in [4.78, 5) is 31.8. The number of ether oxygens (including phenoxy) is 1. The van der Waals surface area contributed by atoms with Crippen LogP contribution < -0.4 is 20.3 Å². The third-order valence-electron chi connectivity index (χ3n) is 4.56. The summed E-state index contributed by atoms with van der Waals surface area (Å²) in [5.74, 6) is 1.53. The summed E-state index contributed by atoms with van der Waals surface area (Å²) in [5.41, 5.74) is 1.71. The van der Waals surface area contributed by atoms with Gasteiger partial charge >= 0.3 is 6.03 Å². The molecule has 0 saturated carbocycles. The van der Waals surface area contributed by atoms with Crippen molar-refractivity contribution in [1.29, 1.82) is 0 Å². The second kappa shape index (κ2) is 9.07. The SMILES string of the molecule is COc1ccnc(N2CCN(C(=O)NCc3ccc(NC(C)=O)cc3)CC2)c1. The molecule has 1 aliphatic rings. The second-order valence-electron chi connectivity index (χ2n) is 6.56. The van der Waals surface area contributed by atoms with Crippen LogP contribution in [0, 0.1) is 0 Å². The molecule has 0 radical (unpaired) electrons. The maximum absolute atomic E-state index is 12.4. The fraction of sp³-hybridized carbons (Fsp3) is 0.350. The Morgan fingerprint density at radius 2 is 1.82 bits per heavy atom. The molecule has 1 saturated heterocycles. The van der Waals surface area contributed by atoms with E-state index in [9.17, 15) is 9.59 Å². The second-order valence-corrected chi connectivity index (χ2v) is 6.56. The van der Waals surface area contributed by atoms with Gasteiger partial charge in [-0.2, -0.15) is 0 Å². The average molecular weight is 383 g/mol. The maximum atomic E-state index is 12.4. The van der Waals surface area contributed by atoms with Gasteiger partial charge in [-0.15, -0.1) is 0 Å². The Labute approximate surface area is 164 Å². The number of pyridine rings is 1. The number of nitrogens with zero attached hydrogens (tertiary/aromatic N) is 3. The Morgan fingerprint density at radius 1 is 1.11 bits per heavy atom. The monoisotopic (exact) mass is 383 g/mol. The number of carbonyl (C=O) groups is 2. The summed E-state index contributed by atoms with van der Waals surface area (Å²) < 4.78 is 5.24. The molecule has 1 aromatic heterocycles. The van der Waals surface area contributed by atoms with Crippen molar-refractivity contribution < 1.29 is 14.3 Å².